The second-order valence-corrected chi connectivity index (χ2v) is 5.61. The Balaban J connectivity index is 1.79. The molecule has 1 aliphatic rings. The fourth-order valence-electron chi connectivity index (χ4n) is 2.62. The van der Waals surface area contributed by atoms with E-state index >= 15 is 0 Å². The highest BCUT2D eigenvalue weighted by Crippen LogP contribution is 2.30. The lowest BCUT2D eigenvalue weighted by atomic mass is 9.99. The van der Waals surface area contributed by atoms with Crippen molar-refractivity contribution in [2.75, 3.05) is 7.11 Å². The summed E-state index contributed by atoms with van der Waals surface area (Å²) in [7, 11) is 1.30. The Morgan fingerprint density at radius 1 is 1.25 bits per heavy atom. The number of ether oxygens (including phenoxy) is 1. The van der Waals surface area contributed by atoms with E-state index in [-0.39, 0.29) is 12.5 Å². The summed E-state index contributed by atoms with van der Waals surface area (Å²) in [5.74, 6) is -0.453. The monoisotopic (exact) mass is 328 g/mol. The fraction of sp³-hybridized carbons (Fsp3) is 0.235. The normalized spacial score (nSPS) is 20.2. The largest absolute Gasteiger partial charge is 0.466 e. The number of nitrogens with one attached hydrogen (secondary N) is 1. The molecular formula is C17H16N2O5. The predicted octanol–water partition coefficient (Wildman–Crippen LogP) is 2.03. The van der Waals surface area contributed by atoms with Gasteiger partial charge in [0.2, 0.25) is 0 Å². The van der Waals surface area contributed by atoms with Crippen LogP contribution >= 0.6 is 0 Å². The average Bonchev–Trinajstić information content (AvgIpc) is 3.19. The maximum Gasteiger partial charge on any atom is 0.337 e. The van der Waals surface area contributed by atoms with Gasteiger partial charge >= 0.3 is 12.0 Å². The summed E-state index contributed by atoms with van der Waals surface area (Å²) in [6, 6.07) is 9.35. The van der Waals surface area contributed by atoms with Crippen molar-refractivity contribution >= 4 is 17.9 Å². The Bertz CT molecular complexity index is 782. The van der Waals surface area contributed by atoms with Crippen molar-refractivity contribution < 1.29 is 23.5 Å². The molecule has 0 unspecified atom stereocenters. The first-order valence-electron chi connectivity index (χ1n) is 7.31. The number of hydrogen-bond acceptors (Lipinski definition) is 5. The molecule has 1 aliphatic heterocycles. The van der Waals surface area contributed by atoms with E-state index in [0.717, 1.165) is 10.5 Å². The molecule has 1 aromatic heterocycles. The summed E-state index contributed by atoms with van der Waals surface area (Å²) >= 11 is 0. The summed E-state index contributed by atoms with van der Waals surface area (Å²) in [5, 5.41) is 2.66. The second kappa shape index (κ2) is 5.84. The summed E-state index contributed by atoms with van der Waals surface area (Å²) in [6.07, 6.45) is 1.45. The Kier molecular flexibility index (Phi) is 3.84. The lowest BCUT2D eigenvalue weighted by Gasteiger charge is -2.19. The smallest absolute Gasteiger partial charge is 0.337 e. The highest BCUT2D eigenvalue weighted by molar-refractivity contribution is 6.06. The van der Waals surface area contributed by atoms with Gasteiger partial charge in [-0.3, -0.25) is 9.69 Å². The number of urea groups is 1. The van der Waals surface area contributed by atoms with Crippen molar-refractivity contribution in [3.63, 3.8) is 0 Å². The number of benzene rings is 1. The molecule has 3 amide bonds. The van der Waals surface area contributed by atoms with Crippen molar-refractivity contribution in [2.24, 2.45) is 0 Å². The van der Waals surface area contributed by atoms with Gasteiger partial charge in [-0.15, -0.1) is 0 Å². The van der Waals surface area contributed by atoms with Crippen LogP contribution < -0.4 is 5.32 Å². The number of rotatable bonds is 4. The third kappa shape index (κ3) is 2.54. The van der Waals surface area contributed by atoms with E-state index in [1.165, 1.54) is 13.4 Å². The van der Waals surface area contributed by atoms with Crippen molar-refractivity contribution in [2.45, 2.75) is 19.0 Å². The Labute approximate surface area is 138 Å². The molecule has 1 N–H and O–H groups in total. The molecule has 1 saturated heterocycles. The summed E-state index contributed by atoms with van der Waals surface area (Å²) in [5.41, 5.74) is -0.0965. The highest BCUT2D eigenvalue weighted by atomic mass is 16.5. The third-order valence-corrected chi connectivity index (χ3v) is 4.00. The maximum absolute atomic E-state index is 12.7. The van der Waals surface area contributed by atoms with Gasteiger partial charge in [0.1, 0.15) is 5.76 Å². The minimum absolute atomic E-state index is 0.0996. The lowest BCUT2D eigenvalue weighted by molar-refractivity contribution is -0.132. The number of nitrogens with zero attached hydrogens (tertiary/aromatic N) is 1. The van der Waals surface area contributed by atoms with Crippen LogP contribution in [0.4, 0.5) is 4.79 Å². The molecule has 1 atom stereocenters. The van der Waals surface area contributed by atoms with Crippen molar-refractivity contribution in [3.8, 4) is 0 Å². The molecular weight excluding hydrogens is 312 g/mol. The molecule has 124 valence electrons. The first kappa shape index (κ1) is 15.8. The van der Waals surface area contributed by atoms with Gasteiger partial charge in [0.25, 0.3) is 5.91 Å². The Hall–Kier alpha value is -3.09. The second-order valence-electron chi connectivity index (χ2n) is 5.61. The van der Waals surface area contributed by atoms with Gasteiger partial charge in [-0.2, -0.15) is 0 Å². The topological polar surface area (TPSA) is 88.8 Å². The zero-order valence-electron chi connectivity index (χ0n) is 13.2. The van der Waals surface area contributed by atoms with Crippen molar-refractivity contribution in [1.29, 1.82) is 0 Å². The third-order valence-electron chi connectivity index (χ3n) is 4.00. The van der Waals surface area contributed by atoms with Crippen LogP contribution in [0.3, 0.4) is 0 Å². The molecule has 0 spiro atoms. The standard InChI is InChI=1S/C17H16N2O5/c1-17(13-4-3-9-24-13)15(21)19(16(22)18-17)10-11-5-7-12(8-6-11)14(20)23-2/h3-9H,10H2,1-2H3,(H,18,22)/t17-/m0/s1. The quantitative estimate of drug-likeness (QED) is 0.685. The molecule has 7 heteroatoms. The summed E-state index contributed by atoms with van der Waals surface area (Å²) in [6.45, 7) is 1.70. The number of carbonyl (C=O) groups excluding carboxylic acids is 3. The molecule has 2 heterocycles. The minimum atomic E-state index is -1.22. The number of imide groups is 1. The number of methoxy groups -OCH3 is 1. The zero-order valence-corrected chi connectivity index (χ0v) is 13.2. The van der Waals surface area contributed by atoms with Gasteiger partial charge in [0.15, 0.2) is 5.54 Å². The summed E-state index contributed by atoms with van der Waals surface area (Å²) in [4.78, 5) is 37.4. The van der Waals surface area contributed by atoms with Gasteiger partial charge in [0.05, 0.1) is 25.5 Å². The van der Waals surface area contributed by atoms with E-state index in [2.05, 4.69) is 10.1 Å². The first-order chi connectivity index (χ1) is 11.5. The molecule has 0 saturated carbocycles. The van der Waals surface area contributed by atoms with E-state index in [9.17, 15) is 14.4 Å². The van der Waals surface area contributed by atoms with Crippen LogP contribution in [0.15, 0.2) is 47.1 Å². The van der Waals surface area contributed by atoms with Gasteiger partial charge in [-0.1, -0.05) is 12.1 Å². The molecule has 1 aromatic carbocycles. The van der Waals surface area contributed by atoms with Crippen molar-refractivity contribution in [3.05, 3.63) is 59.5 Å². The molecule has 7 nitrogen and oxygen atoms in total. The van der Waals surface area contributed by atoms with Gasteiger partial charge in [-0.05, 0) is 36.8 Å². The number of carbonyl (C=O) groups is 3. The van der Waals surface area contributed by atoms with E-state index < -0.39 is 17.5 Å². The lowest BCUT2D eigenvalue weighted by Crippen LogP contribution is -2.40. The average molecular weight is 328 g/mol. The molecule has 0 bridgehead atoms. The Morgan fingerprint density at radius 3 is 2.54 bits per heavy atom. The maximum atomic E-state index is 12.7. The SMILES string of the molecule is COC(=O)c1ccc(CN2C(=O)N[C@@](C)(c3ccco3)C2=O)cc1. The number of esters is 1. The molecule has 0 aliphatic carbocycles. The number of furan rings is 1. The fourth-order valence-corrected chi connectivity index (χ4v) is 2.62. The molecule has 1 fully saturated rings. The molecule has 3 rings (SSSR count). The summed E-state index contributed by atoms with van der Waals surface area (Å²) < 4.78 is 9.91. The van der Waals surface area contributed by atoms with E-state index in [1.807, 2.05) is 0 Å². The predicted molar refractivity (Wildman–Crippen MR) is 82.9 cm³/mol. The molecule has 2 aromatic rings. The van der Waals surface area contributed by atoms with Crippen LogP contribution in [0.2, 0.25) is 0 Å². The van der Waals surface area contributed by atoms with Crippen LogP contribution in [0.5, 0.6) is 0 Å². The van der Waals surface area contributed by atoms with Crippen LogP contribution in [0, 0.1) is 0 Å². The van der Waals surface area contributed by atoms with E-state index in [0.29, 0.717) is 11.3 Å². The first-order valence-corrected chi connectivity index (χ1v) is 7.31. The van der Waals surface area contributed by atoms with Gasteiger partial charge in [-0.25, -0.2) is 9.59 Å². The zero-order chi connectivity index (χ0) is 17.3. The minimum Gasteiger partial charge on any atom is -0.466 e. The van der Waals surface area contributed by atoms with Crippen LogP contribution in [-0.4, -0.2) is 29.9 Å². The van der Waals surface area contributed by atoms with Crippen LogP contribution in [-0.2, 0) is 21.6 Å². The van der Waals surface area contributed by atoms with Crippen LogP contribution in [0.1, 0.15) is 28.6 Å². The van der Waals surface area contributed by atoms with Gasteiger partial charge < -0.3 is 14.5 Å². The highest BCUT2D eigenvalue weighted by Gasteiger charge is 2.50. The molecule has 0 radical (unpaired) electrons. The molecule has 24 heavy (non-hydrogen) atoms. The van der Waals surface area contributed by atoms with E-state index in [4.69, 9.17) is 4.42 Å². The van der Waals surface area contributed by atoms with Crippen molar-refractivity contribution in [1.82, 2.24) is 10.2 Å². The van der Waals surface area contributed by atoms with E-state index in [1.54, 1.807) is 43.3 Å². The Morgan fingerprint density at radius 2 is 1.96 bits per heavy atom. The van der Waals surface area contributed by atoms with Gasteiger partial charge in [0, 0.05) is 0 Å². The number of amides is 3. The number of hydrogen-bond donors (Lipinski definition) is 1. The van der Waals surface area contributed by atoms with Crippen LogP contribution in [0.25, 0.3) is 0 Å².